The van der Waals surface area contributed by atoms with Crippen LogP contribution < -0.4 is 10.5 Å². The van der Waals surface area contributed by atoms with Crippen molar-refractivity contribution in [3.8, 4) is 0 Å². The summed E-state index contributed by atoms with van der Waals surface area (Å²) in [4.78, 5) is 0.246. The van der Waals surface area contributed by atoms with Gasteiger partial charge in [0.1, 0.15) is 4.90 Å². The van der Waals surface area contributed by atoms with Gasteiger partial charge in [0.25, 0.3) is 0 Å². The van der Waals surface area contributed by atoms with Gasteiger partial charge < -0.3 is 5.73 Å². The summed E-state index contributed by atoms with van der Waals surface area (Å²) in [5.74, 6) is 0.696. The minimum atomic E-state index is -3.54. The zero-order valence-electron chi connectivity index (χ0n) is 12.4. The molecule has 112 valence electrons. The molecular formula is C15H24N2O2S. The predicted octanol–water partition coefficient (Wildman–Crippen LogP) is 2.74. The molecule has 0 amide bonds. The molecule has 1 saturated carbocycles. The van der Waals surface area contributed by atoms with Crippen LogP contribution >= 0.6 is 0 Å². The highest BCUT2D eigenvalue weighted by Gasteiger charge is 2.27. The normalized spacial score (nSPS) is 23.8. The Morgan fingerprint density at radius 1 is 1.15 bits per heavy atom. The SMILES string of the molecule is Cc1ccc(N)c(S(=O)(=O)NC2CCC(C)CC2)c1C. The first-order valence-electron chi connectivity index (χ1n) is 7.19. The lowest BCUT2D eigenvalue weighted by atomic mass is 9.88. The molecule has 0 spiro atoms. The van der Waals surface area contributed by atoms with Gasteiger partial charge in [0.05, 0.1) is 5.69 Å². The van der Waals surface area contributed by atoms with Crippen LogP contribution in [-0.2, 0) is 10.0 Å². The molecule has 0 atom stereocenters. The first-order valence-corrected chi connectivity index (χ1v) is 8.67. The van der Waals surface area contributed by atoms with E-state index in [4.69, 9.17) is 5.73 Å². The number of nitrogen functional groups attached to an aromatic ring is 1. The molecule has 5 heteroatoms. The van der Waals surface area contributed by atoms with Crippen molar-refractivity contribution in [2.45, 2.75) is 57.4 Å². The van der Waals surface area contributed by atoms with Gasteiger partial charge in [-0.1, -0.05) is 13.0 Å². The molecular weight excluding hydrogens is 272 g/mol. The second-order valence-corrected chi connectivity index (χ2v) is 7.65. The van der Waals surface area contributed by atoms with Crippen LogP contribution in [0.25, 0.3) is 0 Å². The van der Waals surface area contributed by atoms with E-state index in [1.807, 2.05) is 19.9 Å². The predicted molar refractivity (Wildman–Crippen MR) is 82.1 cm³/mol. The number of nitrogens with one attached hydrogen (secondary N) is 1. The Balaban J connectivity index is 2.25. The van der Waals surface area contributed by atoms with Gasteiger partial charge in [-0.2, -0.15) is 0 Å². The van der Waals surface area contributed by atoms with Crippen LogP contribution in [0.1, 0.15) is 43.7 Å². The van der Waals surface area contributed by atoms with Crippen LogP contribution in [0.15, 0.2) is 17.0 Å². The van der Waals surface area contributed by atoms with Crippen molar-refractivity contribution < 1.29 is 8.42 Å². The van der Waals surface area contributed by atoms with E-state index in [-0.39, 0.29) is 10.9 Å². The zero-order chi connectivity index (χ0) is 14.9. The topological polar surface area (TPSA) is 72.2 Å². The Hall–Kier alpha value is -1.07. The standard InChI is InChI=1S/C15H24N2O2S/c1-10-4-7-13(8-5-10)17-20(18,19)15-12(3)11(2)6-9-14(15)16/h6,9-10,13,17H,4-5,7-8,16H2,1-3H3. The van der Waals surface area contributed by atoms with Gasteiger partial charge >= 0.3 is 0 Å². The third-order valence-corrected chi connectivity index (χ3v) is 6.04. The summed E-state index contributed by atoms with van der Waals surface area (Å²) < 4.78 is 28.0. The van der Waals surface area contributed by atoms with Crippen LogP contribution in [0, 0.1) is 19.8 Å². The van der Waals surface area contributed by atoms with Crippen molar-refractivity contribution in [2.75, 3.05) is 5.73 Å². The summed E-state index contributed by atoms with van der Waals surface area (Å²) in [6.07, 6.45) is 3.97. The van der Waals surface area contributed by atoms with Crippen LogP contribution in [0.2, 0.25) is 0 Å². The van der Waals surface area contributed by atoms with E-state index in [0.717, 1.165) is 36.8 Å². The summed E-state index contributed by atoms with van der Waals surface area (Å²) in [5, 5.41) is 0. The van der Waals surface area contributed by atoms with Crippen LogP contribution in [0.5, 0.6) is 0 Å². The van der Waals surface area contributed by atoms with Gasteiger partial charge in [0.2, 0.25) is 10.0 Å². The van der Waals surface area contributed by atoms with Crippen LogP contribution in [0.3, 0.4) is 0 Å². The number of benzene rings is 1. The number of nitrogens with two attached hydrogens (primary N) is 1. The maximum atomic E-state index is 12.6. The lowest BCUT2D eigenvalue weighted by molar-refractivity contribution is 0.332. The molecule has 20 heavy (non-hydrogen) atoms. The highest BCUT2D eigenvalue weighted by atomic mass is 32.2. The second kappa shape index (κ2) is 5.74. The zero-order valence-corrected chi connectivity index (χ0v) is 13.3. The quantitative estimate of drug-likeness (QED) is 0.842. The number of anilines is 1. The summed E-state index contributed by atoms with van der Waals surface area (Å²) in [5.41, 5.74) is 7.89. The highest BCUT2D eigenvalue weighted by Crippen LogP contribution is 2.28. The Morgan fingerprint density at radius 2 is 1.75 bits per heavy atom. The smallest absolute Gasteiger partial charge is 0.243 e. The third-order valence-electron chi connectivity index (χ3n) is 4.31. The van der Waals surface area contributed by atoms with Crippen LogP contribution in [0.4, 0.5) is 5.69 Å². The van der Waals surface area contributed by atoms with Crippen molar-refractivity contribution in [3.05, 3.63) is 23.3 Å². The summed E-state index contributed by atoms with van der Waals surface area (Å²) in [7, 11) is -3.54. The summed E-state index contributed by atoms with van der Waals surface area (Å²) in [6, 6.07) is 3.56. The number of hydrogen-bond acceptors (Lipinski definition) is 3. The fourth-order valence-corrected chi connectivity index (χ4v) is 4.56. The maximum absolute atomic E-state index is 12.6. The van der Waals surface area contributed by atoms with Crippen molar-refractivity contribution in [2.24, 2.45) is 5.92 Å². The molecule has 0 radical (unpaired) electrons. The first kappa shape index (κ1) is 15.3. The van der Waals surface area contributed by atoms with E-state index < -0.39 is 10.0 Å². The average molecular weight is 296 g/mol. The highest BCUT2D eigenvalue weighted by molar-refractivity contribution is 7.89. The first-order chi connectivity index (χ1) is 9.31. The van der Waals surface area contributed by atoms with Gasteiger partial charge in [-0.05, 0) is 62.6 Å². The molecule has 1 fully saturated rings. The molecule has 1 aliphatic rings. The van der Waals surface area contributed by atoms with E-state index in [0.29, 0.717) is 11.6 Å². The number of rotatable bonds is 3. The molecule has 1 aromatic rings. The Morgan fingerprint density at radius 3 is 2.35 bits per heavy atom. The molecule has 0 aromatic heterocycles. The van der Waals surface area contributed by atoms with Gasteiger partial charge in [0, 0.05) is 6.04 Å². The van der Waals surface area contributed by atoms with Crippen molar-refractivity contribution >= 4 is 15.7 Å². The third kappa shape index (κ3) is 3.15. The van der Waals surface area contributed by atoms with Gasteiger partial charge in [-0.3, -0.25) is 0 Å². The van der Waals surface area contributed by atoms with Gasteiger partial charge in [-0.15, -0.1) is 0 Å². The Kier molecular flexibility index (Phi) is 4.39. The molecule has 3 N–H and O–H groups in total. The van der Waals surface area contributed by atoms with Crippen LogP contribution in [-0.4, -0.2) is 14.5 Å². The minimum Gasteiger partial charge on any atom is -0.398 e. The molecule has 0 unspecified atom stereocenters. The molecule has 0 heterocycles. The molecule has 0 aliphatic heterocycles. The number of aryl methyl sites for hydroxylation is 1. The number of hydrogen-bond donors (Lipinski definition) is 2. The molecule has 2 rings (SSSR count). The monoisotopic (exact) mass is 296 g/mol. The van der Waals surface area contributed by atoms with Gasteiger partial charge in [-0.25, -0.2) is 13.1 Å². The van der Waals surface area contributed by atoms with Crippen molar-refractivity contribution in [1.82, 2.24) is 4.72 Å². The molecule has 0 bridgehead atoms. The fourth-order valence-electron chi connectivity index (χ4n) is 2.82. The van der Waals surface area contributed by atoms with Crippen molar-refractivity contribution in [1.29, 1.82) is 0 Å². The maximum Gasteiger partial charge on any atom is 0.243 e. The lowest BCUT2D eigenvalue weighted by Crippen LogP contribution is -2.38. The summed E-state index contributed by atoms with van der Waals surface area (Å²) in [6.45, 7) is 5.92. The minimum absolute atomic E-state index is 0.0375. The number of sulfonamides is 1. The van der Waals surface area contributed by atoms with Crippen molar-refractivity contribution in [3.63, 3.8) is 0 Å². The van der Waals surface area contributed by atoms with E-state index >= 15 is 0 Å². The molecule has 4 nitrogen and oxygen atoms in total. The summed E-state index contributed by atoms with van der Waals surface area (Å²) >= 11 is 0. The fraction of sp³-hybridized carbons (Fsp3) is 0.600. The van der Waals surface area contributed by atoms with E-state index in [1.165, 1.54) is 0 Å². The largest absolute Gasteiger partial charge is 0.398 e. The second-order valence-electron chi connectivity index (χ2n) is 6.00. The van der Waals surface area contributed by atoms with E-state index in [2.05, 4.69) is 11.6 Å². The van der Waals surface area contributed by atoms with Gasteiger partial charge in [0.15, 0.2) is 0 Å². The molecule has 1 aliphatic carbocycles. The Bertz CT molecular complexity index is 588. The molecule has 0 saturated heterocycles. The Labute approximate surface area is 121 Å². The van der Waals surface area contributed by atoms with E-state index in [9.17, 15) is 8.42 Å². The lowest BCUT2D eigenvalue weighted by Gasteiger charge is -2.27. The molecule has 1 aromatic carbocycles. The average Bonchev–Trinajstić information content (AvgIpc) is 2.37. The van der Waals surface area contributed by atoms with E-state index in [1.54, 1.807) is 6.07 Å².